The van der Waals surface area contributed by atoms with Crippen molar-refractivity contribution in [1.82, 2.24) is 5.32 Å². The van der Waals surface area contributed by atoms with Crippen LogP contribution < -0.4 is 15.8 Å². The van der Waals surface area contributed by atoms with Gasteiger partial charge in [0.15, 0.2) is 0 Å². The minimum Gasteiger partial charge on any atom is -0.410 e. The number of hydrogen-bond acceptors (Lipinski definition) is 3. The third-order valence-corrected chi connectivity index (χ3v) is 3.73. The number of nitrogens with one attached hydrogen (secondary N) is 1. The van der Waals surface area contributed by atoms with Crippen LogP contribution in [0.1, 0.15) is 32.1 Å². The normalized spacial score (nSPS) is 17.7. The van der Waals surface area contributed by atoms with Crippen molar-refractivity contribution in [1.29, 1.82) is 0 Å². The molecule has 19 heavy (non-hydrogen) atoms. The Balaban J connectivity index is 1.85. The van der Waals surface area contributed by atoms with Crippen molar-refractivity contribution in [3.05, 3.63) is 30.3 Å². The molecule has 0 radical (unpaired) electrons. The first-order valence-corrected chi connectivity index (χ1v) is 7.03. The zero-order valence-electron chi connectivity index (χ0n) is 11.2. The summed E-state index contributed by atoms with van der Waals surface area (Å²) >= 11 is 0. The van der Waals surface area contributed by atoms with Gasteiger partial charge in [0.1, 0.15) is 5.75 Å². The summed E-state index contributed by atoms with van der Waals surface area (Å²) in [6.07, 6.45) is 5.64. The van der Waals surface area contributed by atoms with Gasteiger partial charge in [-0.2, -0.15) is 0 Å². The fourth-order valence-corrected chi connectivity index (χ4v) is 2.68. The van der Waals surface area contributed by atoms with E-state index in [2.05, 4.69) is 5.32 Å². The van der Waals surface area contributed by atoms with Crippen LogP contribution in [0, 0.1) is 5.92 Å². The minimum absolute atomic E-state index is 0.0245. The number of hydrogen-bond donors (Lipinski definition) is 2. The van der Waals surface area contributed by atoms with Crippen molar-refractivity contribution in [2.45, 2.75) is 38.1 Å². The smallest absolute Gasteiger partial charge is 0.410 e. The molecule has 4 heteroatoms. The van der Waals surface area contributed by atoms with Gasteiger partial charge < -0.3 is 15.8 Å². The average molecular weight is 262 g/mol. The highest BCUT2D eigenvalue weighted by Crippen LogP contribution is 2.26. The minimum atomic E-state index is -0.410. The zero-order valence-corrected chi connectivity index (χ0v) is 11.2. The van der Waals surface area contributed by atoms with Gasteiger partial charge in [-0.25, -0.2) is 4.79 Å². The topological polar surface area (TPSA) is 64.3 Å². The molecule has 1 atom stereocenters. The Morgan fingerprint density at radius 2 is 1.95 bits per heavy atom. The highest BCUT2D eigenvalue weighted by Gasteiger charge is 2.24. The highest BCUT2D eigenvalue weighted by molar-refractivity contribution is 5.70. The number of carbonyl (C=O) groups excluding carboxylic acids is 1. The van der Waals surface area contributed by atoms with E-state index in [9.17, 15) is 4.79 Å². The summed E-state index contributed by atoms with van der Waals surface area (Å²) in [6, 6.07) is 9.11. The zero-order chi connectivity index (χ0) is 13.5. The molecule has 0 spiro atoms. The van der Waals surface area contributed by atoms with Gasteiger partial charge >= 0.3 is 6.09 Å². The van der Waals surface area contributed by atoms with Gasteiger partial charge in [-0.1, -0.05) is 37.5 Å². The van der Waals surface area contributed by atoms with E-state index in [-0.39, 0.29) is 6.04 Å². The summed E-state index contributed by atoms with van der Waals surface area (Å²) in [6.45, 7) is 0.467. The SMILES string of the molecule is NCC(NC(=O)Oc1ccccc1)C1CCCCC1. The maximum atomic E-state index is 11.8. The molecule has 104 valence electrons. The number of ether oxygens (including phenoxy) is 1. The maximum Gasteiger partial charge on any atom is 0.412 e. The van der Waals surface area contributed by atoms with Crippen molar-refractivity contribution in [2.75, 3.05) is 6.54 Å². The molecule has 3 N–H and O–H groups in total. The van der Waals surface area contributed by atoms with E-state index in [0.717, 1.165) is 12.8 Å². The van der Waals surface area contributed by atoms with Crippen LogP contribution in [0.4, 0.5) is 4.79 Å². The van der Waals surface area contributed by atoms with Crippen molar-refractivity contribution in [3.63, 3.8) is 0 Å². The van der Waals surface area contributed by atoms with Gasteiger partial charge in [-0.15, -0.1) is 0 Å². The number of amides is 1. The summed E-state index contributed by atoms with van der Waals surface area (Å²) < 4.78 is 5.23. The second-order valence-corrected chi connectivity index (χ2v) is 5.09. The van der Waals surface area contributed by atoms with Crippen molar-refractivity contribution in [2.24, 2.45) is 11.7 Å². The van der Waals surface area contributed by atoms with Crippen LogP contribution in [0.3, 0.4) is 0 Å². The predicted octanol–water partition coefficient (Wildman–Crippen LogP) is 2.68. The first-order chi connectivity index (χ1) is 9.29. The number of rotatable bonds is 4. The lowest BCUT2D eigenvalue weighted by molar-refractivity contribution is 0.185. The van der Waals surface area contributed by atoms with Crippen LogP contribution in [0.5, 0.6) is 5.75 Å². The standard InChI is InChI=1S/C15H22N2O2/c16-11-14(12-7-3-1-4-8-12)17-15(18)19-13-9-5-2-6-10-13/h2,5-6,9-10,12,14H,1,3-4,7-8,11,16H2,(H,17,18). The fourth-order valence-electron chi connectivity index (χ4n) is 2.68. The maximum absolute atomic E-state index is 11.8. The molecule has 0 saturated heterocycles. The molecule has 1 aliphatic carbocycles. The summed E-state index contributed by atoms with van der Waals surface area (Å²) in [4.78, 5) is 11.8. The molecular weight excluding hydrogens is 240 g/mol. The van der Waals surface area contributed by atoms with Crippen molar-refractivity contribution >= 4 is 6.09 Å². The molecule has 4 nitrogen and oxygen atoms in total. The Morgan fingerprint density at radius 1 is 1.26 bits per heavy atom. The molecule has 1 unspecified atom stereocenters. The molecule has 0 aliphatic heterocycles. The van der Waals surface area contributed by atoms with E-state index in [1.807, 2.05) is 18.2 Å². The van der Waals surface area contributed by atoms with E-state index in [4.69, 9.17) is 10.5 Å². The quantitative estimate of drug-likeness (QED) is 0.876. The van der Waals surface area contributed by atoms with Crippen LogP contribution in [0.25, 0.3) is 0 Å². The van der Waals surface area contributed by atoms with Gasteiger partial charge in [-0.3, -0.25) is 0 Å². The molecule has 2 rings (SSSR count). The number of carbonyl (C=O) groups is 1. The third-order valence-electron chi connectivity index (χ3n) is 3.73. The van der Waals surface area contributed by atoms with Gasteiger partial charge in [0.2, 0.25) is 0 Å². The van der Waals surface area contributed by atoms with Gasteiger partial charge in [0.05, 0.1) is 0 Å². The lowest BCUT2D eigenvalue weighted by atomic mass is 9.84. The molecule has 1 saturated carbocycles. The molecule has 1 aromatic carbocycles. The van der Waals surface area contributed by atoms with E-state index in [1.165, 1.54) is 19.3 Å². The Bertz CT molecular complexity index is 388. The lowest BCUT2D eigenvalue weighted by Crippen LogP contribution is -2.46. The molecular formula is C15H22N2O2. The van der Waals surface area contributed by atoms with Gasteiger partial charge in [-0.05, 0) is 30.9 Å². The van der Waals surface area contributed by atoms with Crippen molar-refractivity contribution in [3.8, 4) is 5.75 Å². The van der Waals surface area contributed by atoms with Crippen LogP contribution in [-0.2, 0) is 0 Å². The Morgan fingerprint density at radius 3 is 2.58 bits per heavy atom. The summed E-state index contributed by atoms with van der Waals surface area (Å²) in [5.41, 5.74) is 5.78. The Labute approximate surface area is 114 Å². The molecule has 1 aliphatic rings. The summed E-state index contributed by atoms with van der Waals surface area (Å²) in [5.74, 6) is 1.04. The molecule has 1 fully saturated rings. The lowest BCUT2D eigenvalue weighted by Gasteiger charge is -2.29. The number of para-hydroxylation sites is 1. The van der Waals surface area contributed by atoms with Crippen LogP contribution in [0.15, 0.2) is 30.3 Å². The molecule has 0 heterocycles. The van der Waals surface area contributed by atoms with Crippen LogP contribution in [0.2, 0.25) is 0 Å². The monoisotopic (exact) mass is 262 g/mol. The van der Waals surface area contributed by atoms with E-state index in [0.29, 0.717) is 18.2 Å². The molecule has 0 bridgehead atoms. The number of nitrogens with two attached hydrogens (primary N) is 1. The summed E-state index contributed by atoms with van der Waals surface area (Å²) in [5, 5.41) is 2.90. The molecule has 1 aromatic rings. The molecule has 0 aromatic heterocycles. The summed E-state index contributed by atoms with van der Waals surface area (Å²) in [7, 11) is 0. The van der Waals surface area contributed by atoms with Crippen LogP contribution in [-0.4, -0.2) is 18.7 Å². The predicted molar refractivity (Wildman–Crippen MR) is 75.0 cm³/mol. The van der Waals surface area contributed by atoms with E-state index in [1.54, 1.807) is 12.1 Å². The first kappa shape index (κ1) is 13.9. The second kappa shape index (κ2) is 7.14. The van der Waals surface area contributed by atoms with E-state index < -0.39 is 6.09 Å². The fraction of sp³-hybridized carbons (Fsp3) is 0.533. The van der Waals surface area contributed by atoms with E-state index >= 15 is 0 Å². The largest absolute Gasteiger partial charge is 0.412 e. The molecule has 1 amide bonds. The average Bonchev–Trinajstić information content (AvgIpc) is 2.47. The second-order valence-electron chi connectivity index (χ2n) is 5.09. The highest BCUT2D eigenvalue weighted by atomic mass is 16.6. The van der Waals surface area contributed by atoms with Crippen molar-refractivity contribution < 1.29 is 9.53 Å². The Kier molecular flexibility index (Phi) is 5.21. The van der Waals surface area contributed by atoms with Crippen LogP contribution >= 0.6 is 0 Å². The van der Waals surface area contributed by atoms with Gasteiger partial charge in [0, 0.05) is 12.6 Å². The first-order valence-electron chi connectivity index (χ1n) is 7.03. The Hall–Kier alpha value is -1.55. The van der Waals surface area contributed by atoms with Gasteiger partial charge in [0.25, 0.3) is 0 Å². The number of benzene rings is 1. The third kappa shape index (κ3) is 4.24.